The molecule has 3 rings (SSSR count). The van der Waals surface area contributed by atoms with E-state index in [9.17, 15) is 10.1 Å². The van der Waals surface area contributed by atoms with Crippen molar-refractivity contribution in [2.24, 2.45) is 0 Å². The fourth-order valence-corrected chi connectivity index (χ4v) is 2.43. The lowest BCUT2D eigenvalue weighted by molar-refractivity contribution is 0.102. The standard InChI is InChI=1S/C20H14N6O/c1-13-10-18(19(27)24-16-8-4-2-6-14(16)11-21)26-20(23-13)25-17-9-5-3-7-15(17)12-22/h2-10H,1H3,(H,24,27)(H,23,25,26). The van der Waals surface area contributed by atoms with Gasteiger partial charge in [-0.3, -0.25) is 4.79 Å². The maximum atomic E-state index is 12.6. The third-order valence-corrected chi connectivity index (χ3v) is 3.68. The predicted octanol–water partition coefficient (Wildman–Crippen LogP) is 3.52. The molecule has 2 aromatic carbocycles. The normalized spacial score (nSPS) is 9.74. The van der Waals surface area contributed by atoms with Gasteiger partial charge in [0.15, 0.2) is 0 Å². The molecule has 3 aromatic rings. The second-order valence-electron chi connectivity index (χ2n) is 5.61. The Labute approximate surface area is 155 Å². The van der Waals surface area contributed by atoms with Crippen LogP contribution in [-0.4, -0.2) is 15.9 Å². The number of carbonyl (C=O) groups is 1. The van der Waals surface area contributed by atoms with Crippen LogP contribution < -0.4 is 10.6 Å². The topological polar surface area (TPSA) is 114 Å². The van der Waals surface area contributed by atoms with Gasteiger partial charge < -0.3 is 10.6 Å². The smallest absolute Gasteiger partial charge is 0.274 e. The van der Waals surface area contributed by atoms with E-state index in [2.05, 4.69) is 26.7 Å². The van der Waals surface area contributed by atoms with Crippen LogP contribution in [0.5, 0.6) is 0 Å². The molecule has 7 nitrogen and oxygen atoms in total. The average Bonchev–Trinajstić information content (AvgIpc) is 2.68. The number of aromatic nitrogens is 2. The van der Waals surface area contributed by atoms with E-state index in [4.69, 9.17) is 5.26 Å². The van der Waals surface area contributed by atoms with Crippen LogP contribution in [0.1, 0.15) is 27.3 Å². The Balaban J connectivity index is 1.88. The van der Waals surface area contributed by atoms with Crippen molar-refractivity contribution in [3.63, 3.8) is 0 Å². The zero-order chi connectivity index (χ0) is 19.2. The third-order valence-electron chi connectivity index (χ3n) is 3.68. The number of nitrogens with zero attached hydrogens (tertiary/aromatic N) is 4. The minimum Gasteiger partial charge on any atom is -0.323 e. The predicted molar refractivity (Wildman–Crippen MR) is 100 cm³/mol. The molecule has 0 radical (unpaired) electrons. The summed E-state index contributed by atoms with van der Waals surface area (Å²) >= 11 is 0. The molecular weight excluding hydrogens is 340 g/mol. The largest absolute Gasteiger partial charge is 0.323 e. The Morgan fingerprint density at radius 2 is 1.52 bits per heavy atom. The summed E-state index contributed by atoms with van der Waals surface area (Å²) in [7, 11) is 0. The van der Waals surface area contributed by atoms with E-state index in [1.807, 2.05) is 6.07 Å². The summed E-state index contributed by atoms with van der Waals surface area (Å²) in [6, 6.07) is 19.3. The second-order valence-corrected chi connectivity index (χ2v) is 5.61. The highest BCUT2D eigenvalue weighted by Gasteiger charge is 2.13. The number of hydrogen-bond acceptors (Lipinski definition) is 6. The van der Waals surface area contributed by atoms with Gasteiger partial charge in [0, 0.05) is 5.69 Å². The van der Waals surface area contributed by atoms with E-state index in [1.165, 1.54) is 0 Å². The molecule has 0 saturated heterocycles. The van der Waals surface area contributed by atoms with Crippen LogP contribution in [0.25, 0.3) is 0 Å². The number of benzene rings is 2. The molecule has 2 N–H and O–H groups in total. The van der Waals surface area contributed by atoms with Crippen LogP contribution in [-0.2, 0) is 0 Å². The Hall–Kier alpha value is -4.23. The van der Waals surface area contributed by atoms with Gasteiger partial charge in [0.1, 0.15) is 17.8 Å². The van der Waals surface area contributed by atoms with E-state index in [-0.39, 0.29) is 11.6 Å². The molecule has 1 heterocycles. The van der Waals surface area contributed by atoms with Crippen molar-refractivity contribution >= 4 is 23.2 Å². The number of amides is 1. The zero-order valence-electron chi connectivity index (χ0n) is 14.4. The molecule has 0 aliphatic carbocycles. The third kappa shape index (κ3) is 4.06. The lowest BCUT2D eigenvalue weighted by atomic mass is 10.2. The van der Waals surface area contributed by atoms with Crippen molar-refractivity contribution in [3.05, 3.63) is 77.1 Å². The van der Waals surface area contributed by atoms with E-state index in [1.54, 1.807) is 61.5 Å². The van der Waals surface area contributed by atoms with E-state index < -0.39 is 5.91 Å². The van der Waals surface area contributed by atoms with E-state index >= 15 is 0 Å². The van der Waals surface area contributed by atoms with Crippen LogP contribution in [0.15, 0.2) is 54.6 Å². The monoisotopic (exact) mass is 354 g/mol. The fourth-order valence-electron chi connectivity index (χ4n) is 2.43. The molecule has 0 aliphatic heterocycles. The van der Waals surface area contributed by atoms with Crippen molar-refractivity contribution in [2.45, 2.75) is 6.92 Å². The molecule has 0 unspecified atom stereocenters. The second kappa shape index (κ2) is 7.77. The first-order chi connectivity index (χ1) is 13.1. The minimum absolute atomic E-state index is 0.146. The summed E-state index contributed by atoms with van der Waals surface area (Å²) in [6.45, 7) is 1.74. The zero-order valence-corrected chi connectivity index (χ0v) is 14.4. The maximum absolute atomic E-state index is 12.6. The van der Waals surface area contributed by atoms with Crippen molar-refractivity contribution < 1.29 is 4.79 Å². The molecule has 0 bridgehead atoms. The first-order valence-corrected chi connectivity index (χ1v) is 8.03. The van der Waals surface area contributed by atoms with Gasteiger partial charge in [0.2, 0.25) is 5.95 Å². The molecule has 130 valence electrons. The maximum Gasteiger partial charge on any atom is 0.274 e. The van der Waals surface area contributed by atoms with E-state index in [0.29, 0.717) is 28.2 Å². The average molecular weight is 354 g/mol. The molecule has 0 saturated carbocycles. The molecule has 7 heteroatoms. The minimum atomic E-state index is -0.459. The van der Waals surface area contributed by atoms with Gasteiger partial charge in [-0.15, -0.1) is 0 Å². The number of anilines is 3. The van der Waals surface area contributed by atoms with Gasteiger partial charge in [0.25, 0.3) is 5.91 Å². The van der Waals surface area contributed by atoms with Gasteiger partial charge in [-0.05, 0) is 37.3 Å². The van der Waals surface area contributed by atoms with Crippen molar-refractivity contribution in [3.8, 4) is 12.1 Å². The Kier molecular flexibility index (Phi) is 5.06. The van der Waals surface area contributed by atoms with Gasteiger partial charge in [-0.25, -0.2) is 9.97 Å². The Bertz CT molecular complexity index is 1090. The summed E-state index contributed by atoms with van der Waals surface area (Å²) in [6.07, 6.45) is 0. The Morgan fingerprint density at radius 3 is 2.19 bits per heavy atom. The van der Waals surface area contributed by atoms with Crippen LogP contribution in [0.3, 0.4) is 0 Å². The molecule has 27 heavy (non-hydrogen) atoms. The molecular formula is C20H14N6O. The number of rotatable bonds is 4. The lowest BCUT2D eigenvalue weighted by Crippen LogP contribution is -2.16. The van der Waals surface area contributed by atoms with Crippen LogP contribution in [0, 0.1) is 29.6 Å². The quantitative estimate of drug-likeness (QED) is 0.741. The van der Waals surface area contributed by atoms with Gasteiger partial charge >= 0.3 is 0 Å². The lowest BCUT2D eigenvalue weighted by Gasteiger charge is -2.10. The highest BCUT2D eigenvalue weighted by molar-refractivity contribution is 6.03. The summed E-state index contributed by atoms with van der Waals surface area (Å²) in [5.41, 5.74) is 2.49. The summed E-state index contributed by atoms with van der Waals surface area (Å²) in [4.78, 5) is 21.1. The highest BCUT2D eigenvalue weighted by atomic mass is 16.1. The highest BCUT2D eigenvalue weighted by Crippen LogP contribution is 2.19. The first-order valence-electron chi connectivity index (χ1n) is 8.03. The molecule has 0 atom stereocenters. The first kappa shape index (κ1) is 17.6. The SMILES string of the molecule is Cc1cc(C(=O)Nc2ccccc2C#N)nc(Nc2ccccc2C#N)n1. The molecule has 0 spiro atoms. The van der Waals surface area contributed by atoms with Crippen LogP contribution >= 0.6 is 0 Å². The van der Waals surface area contributed by atoms with Crippen molar-refractivity contribution in [2.75, 3.05) is 10.6 Å². The van der Waals surface area contributed by atoms with Gasteiger partial charge in [0.05, 0.1) is 22.5 Å². The molecule has 1 aromatic heterocycles. The number of para-hydroxylation sites is 2. The molecule has 1 amide bonds. The van der Waals surface area contributed by atoms with Crippen LogP contribution in [0.4, 0.5) is 17.3 Å². The van der Waals surface area contributed by atoms with Crippen molar-refractivity contribution in [1.29, 1.82) is 10.5 Å². The molecule has 0 aliphatic rings. The van der Waals surface area contributed by atoms with Crippen molar-refractivity contribution in [1.82, 2.24) is 9.97 Å². The number of nitrogens with one attached hydrogen (secondary N) is 2. The number of nitriles is 2. The summed E-state index contributed by atoms with van der Waals surface area (Å²) in [5, 5.41) is 24.0. The number of hydrogen-bond donors (Lipinski definition) is 2. The molecule has 0 fully saturated rings. The van der Waals surface area contributed by atoms with Gasteiger partial charge in [-0.1, -0.05) is 24.3 Å². The number of aryl methyl sites for hydroxylation is 1. The Morgan fingerprint density at radius 1 is 0.926 bits per heavy atom. The summed E-state index contributed by atoms with van der Waals surface area (Å²) in [5.74, 6) is -0.253. The summed E-state index contributed by atoms with van der Waals surface area (Å²) < 4.78 is 0. The van der Waals surface area contributed by atoms with Crippen LogP contribution in [0.2, 0.25) is 0 Å². The fraction of sp³-hybridized carbons (Fsp3) is 0.0500. The van der Waals surface area contributed by atoms with E-state index in [0.717, 1.165) is 0 Å². The van der Waals surface area contributed by atoms with Gasteiger partial charge in [-0.2, -0.15) is 10.5 Å². The number of carbonyl (C=O) groups excluding carboxylic acids is 1.